The summed E-state index contributed by atoms with van der Waals surface area (Å²) in [6.07, 6.45) is 1.74. The molecule has 1 aromatic heterocycles. The number of fused-ring (bicyclic) bond motifs is 1. The quantitative estimate of drug-likeness (QED) is 0.751. The number of carbonyl (C=O) groups is 1. The van der Waals surface area contributed by atoms with Gasteiger partial charge in [0.2, 0.25) is 5.91 Å². The number of amides is 1. The molecule has 0 saturated heterocycles. The first-order valence-corrected chi connectivity index (χ1v) is 7.65. The number of nitrogens with zero attached hydrogens (tertiary/aromatic N) is 2. The van der Waals surface area contributed by atoms with Gasteiger partial charge >= 0.3 is 0 Å². The smallest absolute Gasteiger partial charge is 0.226 e. The second kappa shape index (κ2) is 5.70. The molecule has 2 heterocycles. The molecular weight excluding hydrogens is 328 g/mol. The Morgan fingerprint density at radius 1 is 1.20 bits per heavy atom. The number of nitrogens with one attached hydrogen (secondary N) is 1. The lowest BCUT2D eigenvalue weighted by molar-refractivity contribution is -0.116. The molecule has 1 aliphatic rings. The first-order chi connectivity index (χ1) is 12.0. The topological polar surface area (TPSA) is 67.1 Å². The molecule has 126 valence electrons. The van der Waals surface area contributed by atoms with E-state index in [1.807, 2.05) is 6.07 Å². The van der Waals surface area contributed by atoms with E-state index in [1.54, 1.807) is 24.4 Å². The van der Waals surface area contributed by atoms with Gasteiger partial charge in [0.1, 0.15) is 23.1 Å². The second-order valence-electron chi connectivity index (χ2n) is 5.86. The number of aromatic hydroxyl groups is 1. The van der Waals surface area contributed by atoms with Crippen LogP contribution in [0.5, 0.6) is 5.75 Å². The fraction of sp³-hybridized carbons (Fsp3) is 0.111. The number of carbonyl (C=O) groups excluding carboxylic acids is 1. The SMILES string of the molecule is O=C1C[C@@H](c2cccc(O)c2)c2cnn(-c3ccc(F)cc3F)c2N1. The van der Waals surface area contributed by atoms with Crippen molar-refractivity contribution < 1.29 is 18.7 Å². The fourth-order valence-electron chi connectivity index (χ4n) is 3.09. The van der Waals surface area contributed by atoms with Gasteiger partial charge in [0.05, 0.1) is 6.20 Å². The van der Waals surface area contributed by atoms with E-state index in [2.05, 4.69) is 10.4 Å². The molecule has 4 rings (SSSR count). The third-order valence-corrected chi connectivity index (χ3v) is 4.23. The minimum atomic E-state index is -0.778. The summed E-state index contributed by atoms with van der Waals surface area (Å²) >= 11 is 0. The third kappa shape index (κ3) is 2.63. The first kappa shape index (κ1) is 15.3. The van der Waals surface area contributed by atoms with Gasteiger partial charge in [0.15, 0.2) is 5.82 Å². The summed E-state index contributed by atoms with van der Waals surface area (Å²) in [7, 11) is 0. The maximum Gasteiger partial charge on any atom is 0.226 e. The van der Waals surface area contributed by atoms with Crippen LogP contribution in [0.2, 0.25) is 0 Å². The van der Waals surface area contributed by atoms with E-state index in [-0.39, 0.29) is 29.7 Å². The number of phenolic OH excluding ortho intramolecular Hbond substituents is 1. The van der Waals surface area contributed by atoms with Gasteiger partial charge in [-0.05, 0) is 29.8 Å². The van der Waals surface area contributed by atoms with Gasteiger partial charge in [-0.3, -0.25) is 4.79 Å². The summed E-state index contributed by atoms with van der Waals surface area (Å²) in [4.78, 5) is 12.1. The molecule has 7 heteroatoms. The minimum Gasteiger partial charge on any atom is -0.508 e. The molecule has 0 spiro atoms. The molecule has 2 N–H and O–H groups in total. The highest BCUT2D eigenvalue weighted by Crippen LogP contribution is 2.39. The van der Waals surface area contributed by atoms with Gasteiger partial charge in [-0.25, -0.2) is 13.5 Å². The van der Waals surface area contributed by atoms with Crippen molar-refractivity contribution in [3.63, 3.8) is 0 Å². The number of hydrogen-bond donors (Lipinski definition) is 2. The van der Waals surface area contributed by atoms with Crippen molar-refractivity contribution in [2.75, 3.05) is 5.32 Å². The lowest BCUT2D eigenvalue weighted by Crippen LogP contribution is -2.24. The van der Waals surface area contributed by atoms with Crippen LogP contribution in [0.3, 0.4) is 0 Å². The molecule has 1 amide bonds. The number of hydrogen-bond acceptors (Lipinski definition) is 3. The third-order valence-electron chi connectivity index (χ3n) is 4.23. The van der Waals surface area contributed by atoms with Gasteiger partial charge in [0.25, 0.3) is 0 Å². The number of halogens is 2. The van der Waals surface area contributed by atoms with Gasteiger partial charge in [-0.15, -0.1) is 0 Å². The Kier molecular flexibility index (Phi) is 3.49. The molecule has 3 aromatic rings. The number of benzene rings is 2. The van der Waals surface area contributed by atoms with E-state index < -0.39 is 11.6 Å². The Morgan fingerprint density at radius 3 is 2.80 bits per heavy atom. The monoisotopic (exact) mass is 341 g/mol. The van der Waals surface area contributed by atoms with E-state index >= 15 is 0 Å². The molecular formula is C18H13F2N3O2. The summed E-state index contributed by atoms with van der Waals surface area (Å²) in [5.41, 5.74) is 1.50. The molecule has 5 nitrogen and oxygen atoms in total. The van der Waals surface area contributed by atoms with Crippen molar-refractivity contribution in [2.45, 2.75) is 12.3 Å². The Balaban J connectivity index is 1.84. The van der Waals surface area contributed by atoms with E-state index in [9.17, 15) is 18.7 Å². The number of aromatic nitrogens is 2. The van der Waals surface area contributed by atoms with Crippen molar-refractivity contribution in [1.82, 2.24) is 9.78 Å². The predicted molar refractivity (Wildman–Crippen MR) is 86.7 cm³/mol. The number of anilines is 1. The first-order valence-electron chi connectivity index (χ1n) is 7.65. The average Bonchev–Trinajstić information content (AvgIpc) is 2.97. The molecule has 0 fully saturated rings. The maximum absolute atomic E-state index is 14.1. The maximum atomic E-state index is 14.1. The van der Waals surface area contributed by atoms with Crippen molar-refractivity contribution >= 4 is 11.7 Å². The standard InChI is InChI=1S/C18H13F2N3O2/c19-11-4-5-16(15(20)7-11)23-18-14(9-21-23)13(8-17(25)22-18)10-2-1-3-12(24)6-10/h1-7,9,13,24H,8H2,(H,22,25)/t13-/m0/s1. The molecule has 0 aliphatic carbocycles. The Hall–Kier alpha value is -3.22. The number of rotatable bonds is 2. The fourth-order valence-corrected chi connectivity index (χ4v) is 3.09. The van der Waals surface area contributed by atoms with E-state index in [0.717, 1.165) is 17.7 Å². The van der Waals surface area contributed by atoms with Crippen molar-refractivity contribution in [2.24, 2.45) is 0 Å². The Bertz CT molecular complexity index is 984. The highest BCUT2D eigenvalue weighted by molar-refractivity contribution is 5.94. The number of phenols is 1. The van der Waals surface area contributed by atoms with Crippen LogP contribution in [-0.4, -0.2) is 20.8 Å². The zero-order valence-electron chi connectivity index (χ0n) is 12.9. The molecule has 0 bridgehead atoms. The van der Waals surface area contributed by atoms with E-state index in [4.69, 9.17) is 0 Å². The minimum absolute atomic E-state index is 0.0412. The van der Waals surface area contributed by atoms with Gasteiger partial charge in [-0.2, -0.15) is 5.10 Å². The molecule has 2 aromatic carbocycles. The van der Waals surface area contributed by atoms with Crippen molar-refractivity contribution in [3.05, 3.63) is 71.4 Å². The van der Waals surface area contributed by atoms with Gasteiger partial charge in [-0.1, -0.05) is 12.1 Å². The summed E-state index contributed by atoms with van der Waals surface area (Å²) in [5.74, 6) is -1.58. The van der Waals surface area contributed by atoms with Gasteiger partial charge < -0.3 is 10.4 Å². The van der Waals surface area contributed by atoms with Crippen LogP contribution in [0, 0.1) is 11.6 Å². The zero-order valence-corrected chi connectivity index (χ0v) is 12.9. The van der Waals surface area contributed by atoms with E-state index in [0.29, 0.717) is 11.4 Å². The Labute approximate surface area is 141 Å². The summed E-state index contributed by atoms with van der Waals surface area (Å²) in [6.45, 7) is 0. The van der Waals surface area contributed by atoms with Crippen LogP contribution in [0.1, 0.15) is 23.5 Å². The summed E-state index contributed by atoms with van der Waals surface area (Å²) < 4.78 is 28.5. The largest absolute Gasteiger partial charge is 0.508 e. The van der Waals surface area contributed by atoms with E-state index in [1.165, 1.54) is 10.7 Å². The lowest BCUT2D eigenvalue weighted by atomic mass is 9.87. The van der Waals surface area contributed by atoms with Crippen LogP contribution in [-0.2, 0) is 4.79 Å². The Morgan fingerprint density at radius 2 is 2.04 bits per heavy atom. The highest BCUT2D eigenvalue weighted by atomic mass is 19.1. The molecule has 0 radical (unpaired) electrons. The van der Waals surface area contributed by atoms with Crippen LogP contribution < -0.4 is 5.32 Å². The van der Waals surface area contributed by atoms with Gasteiger partial charge in [0, 0.05) is 24.0 Å². The van der Waals surface area contributed by atoms with Crippen molar-refractivity contribution in [3.8, 4) is 11.4 Å². The van der Waals surface area contributed by atoms with Crippen LogP contribution >= 0.6 is 0 Å². The predicted octanol–water partition coefficient (Wildman–Crippen LogP) is 3.33. The summed E-state index contributed by atoms with van der Waals surface area (Å²) in [6, 6.07) is 9.80. The average molecular weight is 341 g/mol. The van der Waals surface area contributed by atoms with Crippen LogP contribution in [0.4, 0.5) is 14.6 Å². The van der Waals surface area contributed by atoms with Crippen molar-refractivity contribution in [1.29, 1.82) is 0 Å². The zero-order chi connectivity index (χ0) is 17.6. The normalized spacial score (nSPS) is 16.4. The molecule has 1 aliphatic heterocycles. The molecule has 0 saturated carbocycles. The van der Waals surface area contributed by atoms with Crippen LogP contribution in [0.25, 0.3) is 5.69 Å². The molecule has 0 unspecified atom stereocenters. The molecule has 1 atom stereocenters. The summed E-state index contributed by atoms with van der Waals surface area (Å²) in [5, 5.41) is 16.6. The lowest BCUT2D eigenvalue weighted by Gasteiger charge is -2.24. The molecule has 25 heavy (non-hydrogen) atoms. The van der Waals surface area contributed by atoms with Crippen LogP contribution in [0.15, 0.2) is 48.7 Å². The second-order valence-corrected chi connectivity index (χ2v) is 5.86. The highest BCUT2D eigenvalue weighted by Gasteiger charge is 2.31.